The monoisotopic (exact) mass is 428 g/mol. The second kappa shape index (κ2) is 9.03. The maximum absolute atomic E-state index is 11.9. The van der Waals surface area contributed by atoms with Crippen molar-refractivity contribution in [1.29, 1.82) is 0 Å². The maximum Gasteiger partial charge on any atom is 0.337 e. The largest absolute Gasteiger partial charge is 0.494 e. The molecule has 0 spiro atoms. The molecule has 0 atom stereocenters. The molecule has 2 aromatic heterocycles. The highest BCUT2D eigenvalue weighted by Crippen LogP contribution is 2.32. The Bertz CT molecular complexity index is 1280. The number of hydrogen-bond donors (Lipinski definition) is 2. The molecule has 2 N–H and O–H groups in total. The number of nitrogens with one attached hydrogen (secondary N) is 1. The van der Waals surface area contributed by atoms with E-state index in [1.54, 1.807) is 30.6 Å². The molecule has 0 aliphatic carbocycles. The third-order valence-corrected chi connectivity index (χ3v) is 5.05. The van der Waals surface area contributed by atoms with Gasteiger partial charge in [-0.3, -0.25) is 4.98 Å². The fourth-order valence-corrected chi connectivity index (χ4v) is 3.61. The van der Waals surface area contributed by atoms with Crippen LogP contribution < -0.4 is 0 Å². The summed E-state index contributed by atoms with van der Waals surface area (Å²) in [6.07, 6.45) is 3.40. The van der Waals surface area contributed by atoms with Crippen LogP contribution in [0.4, 0.5) is 5.69 Å². The standard InChI is InChI=1S/C25H24N4O3/c1-29(2)15-16-6-9-19(10-7-16)27-23(18-5-4-12-26-14-18)22-20-11-8-17(25(31)32-3)13-21(20)28-24(22)30/h4-14,28,30H,15H2,1-3H3. The number of aromatic amines is 1. The Morgan fingerprint density at radius 2 is 1.91 bits per heavy atom. The van der Waals surface area contributed by atoms with Crippen LogP contribution >= 0.6 is 0 Å². The van der Waals surface area contributed by atoms with Crippen molar-refractivity contribution < 1.29 is 14.6 Å². The van der Waals surface area contributed by atoms with Crippen molar-refractivity contribution in [3.05, 3.63) is 89.2 Å². The van der Waals surface area contributed by atoms with Gasteiger partial charge in [0, 0.05) is 35.4 Å². The van der Waals surface area contributed by atoms with Crippen molar-refractivity contribution in [2.75, 3.05) is 21.2 Å². The highest BCUT2D eigenvalue weighted by Gasteiger charge is 2.20. The topological polar surface area (TPSA) is 90.8 Å². The molecular weight excluding hydrogens is 404 g/mol. The van der Waals surface area contributed by atoms with E-state index in [0.717, 1.165) is 23.2 Å². The van der Waals surface area contributed by atoms with Gasteiger partial charge in [-0.1, -0.05) is 18.2 Å². The smallest absolute Gasteiger partial charge is 0.337 e. The minimum absolute atomic E-state index is 0.0335. The van der Waals surface area contributed by atoms with Crippen LogP contribution in [0.25, 0.3) is 10.9 Å². The van der Waals surface area contributed by atoms with Crippen molar-refractivity contribution in [2.45, 2.75) is 6.54 Å². The first-order valence-corrected chi connectivity index (χ1v) is 10.1. The number of esters is 1. The van der Waals surface area contributed by atoms with Crippen LogP contribution in [0.3, 0.4) is 0 Å². The number of rotatable bonds is 6. The average Bonchev–Trinajstić information content (AvgIpc) is 3.13. The zero-order valence-electron chi connectivity index (χ0n) is 18.2. The number of aromatic hydroxyl groups is 1. The van der Waals surface area contributed by atoms with Gasteiger partial charge in [-0.25, -0.2) is 9.79 Å². The summed E-state index contributed by atoms with van der Waals surface area (Å²) in [5, 5.41) is 11.5. The van der Waals surface area contributed by atoms with Crippen LogP contribution in [0.15, 0.2) is 72.0 Å². The van der Waals surface area contributed by atoms with Gasteiger partial charge in [0.1, 0.15) is 0 Å². The number of fused-ring (bicyclic) bond motifs is 1. The number of hydrogen-bond acceptors (Lipinski definition) is 6. The Hall–Kier alpha value is -3.97. The summed E-state index contributed by atoms with van der Waals surface area (Å²) in [6.45, 7) is 0.839. The van der Waals surface area contributed by atoms with Gasteiger partial charge in [-0.05, 0) is 56.1 Å². The number of carbonyl (C=O) groups excluding carboxylic acids is 1. The third-order valence-electron chi connectivity index (χ3n) is 5.05. The molecule has 4 aromatic rings. The van der Waals surface area contributed by atoms with E-state index in [0.29, 0.717) is 22.4 Å². The lowest BCUT2D eigenvalue weighted by Crippen LogP contribution is -2.10. The van der Waals surface area contributed by atoms with Gasteiger partial charge in [-0.2, -0.15) is 0 Å². The lowest BCUT2D eigenvalue weighted by atomic mass is 10.0. The first kappa shape index (κ1) is 21.3. The van der Waals surface area contributed by atoms with Crippen molar-refractivity contribution in [3.63, 3.8) is 0 Å². The van der Waals surface area contributed by atoms with Crippen molar-refractivity contribution in [2.24, 2.45) is 4.99 Å². The minimum atomic E-state index is -0.443. The number of carbonyl (C=O) groups is 1. The van der Waals surface area contributed by atoms with E-state index in [9.17, 15) is 9.90 Å². The summed E-state index contributed by atoms with van der Waals surface area (Å²) in [6, 6.07) is 16.8. The summed E-state index contributed by atoms with van der Waals surface area (Å²) < 4.78 is 4.80. The molecule has 0 aliphatic rings. The molecule has 2 aromatic carbocycles. The van der Waals surface area contributed by atoms with E-state index in [2.05, 4.69) is 14.9 Å². The molecule has 0 aliphatic heterocycles. The van der Waals surface area contributed by atoms with Crippen LogP contribution in [0.5, 0.6) is 5.88 Å². The summed E-state index contributed by atoms with van der Waals surface area (Å²) in [7, 11) is 5.39. The van der Waals surface area contributed by atoms with Crippen LogP contribution in [0.2, 0.25) is 0 Å². The molecule has 7 heteroatoms. The quantitative estimate of drug-likeness (QED) is 0.353. The van der Waals surface area contributed by atoms with Gasteiger partial charge in [0.15, 0.2) is 5.88 Å². The Balaban J connectivity index is 1.85. The lowest BCUT2D eigenvalue weighted by Gasteiger charge is -2.10. The highest BCUT2D eigenvalue weighted by atomic mass is 16.5. The molecule has 162 valence electrons. The molecule has 2 heterocycles. The van der Waals surface area contributed by atoms with Crippen molar-refractivity contribution >= 4 is 28.3 Å². The first-order valence-electron chi connectivity index (χ1n) is 10.1. The average molecular weight is 428 g/mol. The SMILES string of the molecule is COC(=O)c1ccc2c(C(=Nc3ccc(CN(C)C)cc3)c3cccnc3)c(O)[nH]c2c1. The molecule has 32 heavy (non-hydrogen) atoms. The van der Waals surface area contributed by atoms with E-state index in [4.69, 9.17) is 9.73 Å². The predicted molar refractivity (Wildman–Crippen MR) is 125 cm³/mol. The molecular formula is C25H24N4O3. The van der Waals surface area contributed by atoms with Crippen LogP contribution in [-0.4, -0.2) is 52.9 Å². The van der Waals surface area contributed by atoms with Gasteiger partial charge in [-0.15, -0.1) is 0 Å². The van der Waals surface area contributed by atoms with E-state index in [-0.39, 0.29) is 5.88 Å². The highest BCUT2D eigenvalue weighted by molar-refractivity contribution is 6.22. The normalized spacial score (nSPS) is 11.8. The summed E-state index contributed by atoms with van der Waals surface area (Å²) in [4.78, 5) is 26.1. The number of benzene rings is 2. The molecule has 0 saturated carbocycles. The number of methoxy groups -OCH3 is 1. The Morgan fingerprint density at radius 3 is 2.56 bits per heavy atom. The van der Waals surface area contributed by atoms with Gasteiger partial charge in [0.05, 0.1) is 29.6 Å². The van der Waals surface area contributed by atoms with E-state index < -0.39 is 5.97 Å². The lowest BCUT2D eigenvalue weighted by molar-refractivity contribution is 0.0601. The van der Waals surface area contributed by atoms with Gasteiger partial charge < -0.3 is 19.7 Å². The number of nitrogens with zero attached hydrogens (tertiary/aromatic N) is 3. The number of H-pyrrole nitrogens is 1. The minimum Gasteiger partial charge on any atom is -0.494 e. The van der Waals surface area contributed by atoms with E-state index in [1.807, 2.05) is 50.5 Å². The molecule has 0 bridgehead atoms. The third kappa shape index (κ3) is 4.38. The molecule has 0 amide bonds. The van der Waals surface area contributed by atoms with Crippen molar-refractivity contribution in [1.82, 2.24) is 14.9 Å². The fraction of sp³-hybridized carbons (Fsp3) is 0.160. The Morgan fingerprint density at radius 1 is 1.12 bits per heavy atom. The van der Waals surface area contributed by atoms with Gasteiger partial charge in [0.2, 0.25) is 0 Å². The molecule has 0 saturated heterocycles. The number of aromatic nitrogens is 2. The fourth-order valence-electron chi connectivity index (χ4n) is 3.61. The Kier molecular flexibility index (Phi) is 6.00. The molecule has 0 unspecified atom stereocenters. The second-order valence-electron chi connectivity index (χ2n) is 7.71. The second-order valence-corrected chi connectivity index (χ2v) is 7.71. The maximum atomic E-state index is 11.9. The number of ether oxygens (including phenoxy) is 1. The number of pyridine rings is 1. The zero-order chi connectivity index (χ0) is 22.7. The van der Waals surface area contributed by atoms with Crippen molar-refractivity contribution in [3.8, 4) is 5.88 Å². The molecule has 0 fully saturated rings. The van der Waals surface area contributed by atoms with Crippen LogP contribution in [0.1, 0.15) is 27.0 Å². The summed E-state index contributed by atoms with van der Waals surface area (Å²) in [5.41, 5.74) is 4.82. The van der Waals surface area contributed by atoms with E-state index in [1.165, 1.54) is 12.7 Å². The summed E-state index contributed by atoms with van der Waals surface area (Å²) in [5.74, 6) is -0.477. The number of aliphatic imine (C=N–C) groups is 1. The summed E-state index contributed by atoms with van der Waals surface area (Å²) >= 11 is 0. The van der Waals surface area contributed by atoms with Gasteiger partial charge >= 0.3 is 5.97 Å². The van der Waals surface area contributed by atoms with Crippen LogP contribution in [0, 0.1) is 0 Å². The molecule has 7 nitrogen and oxygen atoms in total. The molecule has 4 rings (SSSR count). The first-order chi connectivity index (χ1) is 15.5. The van der Waals surface area contributed by atoms with Gasteiger partial charge in [0.25, 0.3) is 0 Å². The molecule has 0 radical (unpaired) electrons. The predicted octanol–water partition coefficient (Wildman–Crippen LogP) is 4.29. The Labute approximate surface area is 186 Å². The van der Waals surface area contributed by atoms with Crippen LogP contribution in [-0.2, 0) is 11.3 Å². The van der Waals surface area contributed by atoms with E-state index >= 15 is 0 Å². The zero-order valence-corrected chi connectivity index (χ0v) is 18.2.